The van der Waals surface area contributed by atoms with Gasteiger partial charge in [-0.15, -0.1) is 0 Å². The van der Waals surface area contributed by atoms with Crippen LogP contribution >= 0.6 is 15.9 Å². The van der Waals surface area contributed by atoms with Crippen LogP contribution in [0, 0.1) is 5.92 Å². The lowest BCUT2D eigenvalue weighted by Gasteiger charge is -2.22. The summed E-state index contributed by atoms with van der Waals surface area (Å²) in [7, 11) is 0. The lowest BCUT2D eigenvalue weighted by molar-refractivity contribution is -0.143. The van der Waals surface area contributed by atoms with Crippen LogP contribution < -0.4 is 10.9 Å². The third-order valence-corrected chi connectivity index (χ3v) is 3.67. The summed E-state index contributed by atoms with van der Waals surface area (Å²) in [4.78, 5) is 11.8. The van der Waals surface area contributed by atoms with Gasteiger partial charge >= 0.3 is 6.18 Å². The molecule has 1 rings (SSSR count). The maximum Gasteiger partial charge on any atom is 0.408 e. The van der Waals surface area contributed by atoms with Gasteiger partial charge in [0.1, 0.15) is 11.0 Å². The fraction of sp³-hybridized carbons (Fsp3) is 0.667. The third kappa shape index (κ3) is 4.50. The van der Waals surface area contributed by atoms with Crippen LogP contribution in [0.4, 0.5) is 18.9 Å². The van der Waals surface area contributed by atoms with Crippen molar-refractivity contribution >= 4 is 21.6 Å². The Morgan fingerprint density at radius 3 is 2.50 bits per heavy atom. The molecular formula is C12H17BrF3N3O. The molecule has 1 atom stereocenters. The predicted octanol–water partition coefficient (Wildman–Crippen LogP) is 3.41. The van der Waals surface area contributed by atoms with Gasteiger partial charge in [0.25, 0.3) is 5.56 Å². The van der Waals surface area contributed by atoms with E-state index in [0.29, 0.717) is 16.3 Å². The summed E-state index contributed by atoms with van der Waals surface area (Å²) in [5.74, 6) is 0.324. The van der Waals surface area contributed by atoms with Crippen LogP contribution in [0.25, 0.3) is 0 Å². The first-order valence-corrected chi connectivity index (χ1v) is 7.04. The lowest BCUT2D eigenvalue weighted by Crippen LogP contribution is -2.32. The molecular weight excluding hydrogens is 339 g/mol. The van der Waals surface area contributed by atoms with E-state index in [0.717, 1.165) is 6.42 Å². The summed E-state index contributed by atoms with van der Waals surface area (Å²) < 4.78 is 37.3. The van der Waals surface area contributed by atoms with Crippen molar-refractivity contribution in [1.29, 1.82) is 0 Å². The quantitative estimate of drug-likeness (QED) is 0.880. The van der Waals surface area contributed by atoms with E-state index in [4.69, 9.17) is 0 Å². The highest BCUT2D eigenvalue weighted by molar-refractivity contribution is 9.10. The zero-order valence-corrected chi connectivity index (χ0v) is 13.0. The van der Waals surface area contributed by atoms with E-state index < -0.39 is 18.3 Å². The van der Waals surface area contributed by atoms with Gasteiger partial charge in [-0.25, -0.2) is 4.68 Å². The van der Waals surface area contributed by atoms with Gasteiger partial charge in [-0.05, 0) is 28.3 Å². The molecule has 1 heterocycles. The highest BCUT2D eigenvalue weighted by Gasteiger charge is 2.29. The minimum Gasteiger partial charge on any atom is -0.380 e. The normalized spacial score (nSPS) is 13.6. The Morgan fingerprint density at radius 1 is 1.45 bits per heavy atom. The maximum atomic E-state index is 12.3. The summed E-state index contributed by atoms with van der Waals surface area (Å²) in [5.41, 5.74) is -0.389. The van der Waals surface area contributed by atoms with Crippen LogP contribution in [0.1, 0.15) is 27.2 Å². The van der Waals surface area contributed by atoms with Crippen molar-refractivity contribution < 1.29 is 13.2 Å². The van der Waals surface area contributed by atoms with Crippen LogP contribution in [-0.2, 0) is 6.54 Å². The van der Waals surface area contributed by atoms with Gasteiger partial charge in [-0.3, -0.25) is 4.79 Å². The molecule has 1 aromatic rings. The number of halogens is 4. The second-order valence-electron chi connectivity index (χ2n) is 4.85. The van der Waals surface area contributed by atoms with E-state index in [-0.39, 0.29) is 10.5 Å². The zero-order valence-electron chi connectivity index (χ0n) is 11.5. The third-order valence-electron chi connectivity index (χ3n) is 2.90. The van der Waals surface area contributed by atoms with Crippen molar-refractivity contribution in [2.24, 2.45) is 5.92 Å². The van der Waals surface area contributed by atoms with Gasteiger partial charge in [0.15, 0.2) is 0 Å². The predicted molar refractivity (Wildman–Crippen MR) is 74.8 cm³/mol. The number of nitrogens with zero attached hydrogens (tertiary/aromatic N) is 2. The molecule has 0 aliphatic heterocycles. The van der Waals surface area contributed by atoms with Crippen molar-refractivity contribution in [2.45, 2.75) is 46.0 Å². The van der Waals surface area contributed by atoms with Gasteiger partial charge in [0, 0.05) is 6.04 Å². The number of aromatic nitrogens is 2. The lowest BCUT2D eigenvalue weighted by atomic mass is 10.0. The van der Waals surface area contributed by atoms with E-state index in [9.17, 15) is 18.0 Å². The number of nitrogens with one attached hydrogen (secondary N) is 1. The molecule has 0 saturated carbocycles. The van der Waals surface area contributed by atoms with Crippen LogP contribution in [0.5, 0.6) is 0 Å². The highest BCUT2D eigenvalue weighted by Crippen LogP contribution is 2.22. The second-order valence-corrected chi connectivity index (χ2v) is 5.65. The van der Waals surface area contributed by atoms with E-state index in [1.165, 1.54) is 6.20 Å². The van der Waals surface area contributed by atoms with Crippen LogP contribution in [0.15, 0.2) is 15.5 Å². The van der Waals surface area contributed by atoms with Crippen molar-refractivity contribution in [3.63, 3.8) is 0 Å². The summed E-state index contributed by atoms with van der Waals surface area (Å²) in [6.45, 7) is 4.64. The largest absolute Gasteiger partial charge is 0.408 e. The molecule has 0 saturated heterocycles. The number of hydrogen-bond donors (Lipinski definition) is 1. The molecule has 4 nitrogen and oxygen atoms in total. The van der Waals surface area contributed by atoms with Gasteiger partial charge < -0.3 is 5.32 Å². The van der Waals surface area contributed by atoms with Crippen molar-refractivity contribution in [2.75, 3.05) is 5.32 Å². The fourth-order valence-corrected chi connectivity index (χ4v) is 2.21. The molecule has 0 fully saturated rings. The summed E-state index contributed by atoms with van der Waals surface area (Å²) in [6.07, 6.45) is -2.41. The van der Waals surface area contributed by atoms with Crippen molar-refractivity contribution in [3.05, 3.63) is 21.0 Å². The van der Waals surface area contributed by atoms with Crippen molar-refractivity contribution in [1.82, 2.24) is 9.78 Å². The zero-order chi connectivity index (χ0) is 15.5. The Bertz CT molecular complexity index is 514. The van der Waals surface area contributed by atoms with Gasteiger partial charge in [0.05, 0.1) is 11.9 Å². The van der Waals surface area contributed by atoms with Crippen molar-refractivity contribution in [3.8, 4) is 0 Å². The fourth-order valence-electron chi connectivity index (χ4n) is 1.79. The first-order valence-electron chi connectivity index (χ1n) is 6.24. The first-order chi connectivity index (χ1) is 9.15. The van der Waals surface area contributed by atoms with Gasteiger partial charge in [0.2, 0.25) is 0 Å². The van der Waals surface area contributed by atoms with E-state index in [2.05, 4.69) is 26.3 Å². The SMILES string of the molecule is CCC(Nc1cnn(CC(F)(F)F)c(=O)c1Br)C(C)C. The minimum atomic E-state index is -4.48. The molecule has 1 N–H and O–H groups in total. The van der Waals surface area contributed by atoms with Gasteiger partial charge in [-0.2, -0.15) is 18.3 Å². The second kappa shape index (κ2) is 6.60. The molecule has 1 aromatic heterocycles. The standard InChI is InChI=1S/C12H17BrF3N3O/c1-4-8(7(2)3)18-9-5-17-19(6-12(14,15)16)11(20)10(9)13/h5,7-8,18H,4,6H2,1-3H3. The van der Waals surface area contributed by atoms with E-state index in [1.54, 1.807) is 0 Å². The molecule has 114 valence electrons. The summed E-state index contributed by atoms with van der Waals surface area (Å²) in [6, 6.07) is 0.117. The molecule has 0 aliphatic carbocycles. The molecule has 0 radical (unpaired) electrons. The Labute approximate surface area is 123 Å². The smallest absolute Gasteiger partial charge is 0.380 e. The van der Waals surface area contributed by atoms with Gasteiger partial charge in [-0.1, -0.05) is 20.8 Å². The molecule has 0 amide bonds. The first kappa shape index (κ1) is 17.0. The number of hydrogen-bond acceptors (Lipinski definition) is 3. The Hall–Kier alpha value is -1.05. The summed E-state index contributed by atoms with van der Waals surface area (Å²) in [5, 5.41) is 6.69. The number of rotatable bonds is 5. The molecule has 8 heteroatoms. The van der Waals surface area contributed by atoms with E-state index >= 15 is 0 Å². The Morgan fingerprint density at radius 2 is 2.05 bits per heavy atom. The topological polar surface area (TPSA) is 46.9 Å². The summed E-state index contributed by atoms with van der Waals surface area (Å²) >= 11 is 3.04. The maximum absolute atomic E-state index is 12.3. The number of alkyl halides is 3. The van der Waals surface area contributed by atoms with E-state index in [1.807, 2.05) is 20.8 Å². The highest BCUT2D eigenvalue weighted by atomic mass is 79.9. The van der Waals surface area contributed by atoms with Crippen LogP contribution in [0.3, 0.4) is 0 Å². The molecule has 0 spiro atoms. The molecule has 0 aromatic carbocycles. The molecule has 20 heavy (non-hydrogen) atoms. The van der Waals surface area contributed by atoms with Crippen LogP contribution in [-0.4, -0.2) is 22.0 Å². The Kier molecular flexibility index (Phi) is 5.61. The average Bonchev–Trinajstić information content (AvgIpc) is 2.32. The minimum absolute atomic E-state index is 0.0656. The molecule has 1 unspecified atom stereocenters. The molecule has 0 aliphatic rings. The monoisotopic (exact) mass is 355 g/mol. The van der Waals surface area contributed by atoms with Crippen LogP contribution in [0.2, 0.25) is 0 Å². The average molecular weight is 356 g/mol. The molecule has 0 bridgehead atoms. The number of anilines is 1. The Balaban J connectivity index is 3.03.